The molecular formula is C18H14F4O4. The molecule has 0 fully saturated rings. The first-order valence-corrected chi connectivity index (χ1v) is 7.21. The Hall–Kier alpha value is -3.16. The minimum absolute atomic E-state index is 0.0128. The summed E-state index contributed by atoms with van der Waals surface area (Å²) >= 11 is 0. The van der Waals surface area contributed by atoms with E-state index in [1.54, 1.807) is 0 Å². The summed E-state index contributed by atoms with van der Waals surface area (Å²) in [6.45, 7) is 0. The van der Waals surface area contributed by atoms with Crippen LogP contribution >= 0.6 is 0 Å². The van der Waals surface area contributed by atoms with Crippen molar-refractivity contribution < 1.29 is 37.4 Å². The normalized spacial score (nSPS) is 10.3. The third kappa shape index (κ3) is 7.61. The molecule has 0 radical (unpaired) electrons. The minimum atomic E-state index is -1.20. The van der Waals surface area contributed by atoms with Gasteiger partial charge in [0.25, 0.3) is 0 Å². The van der Waals surface area contributed by atoms with Gasteiger partial charge in [-0.1, -0.05) is 0 Å². The zero-order chi connectivity index (χ0) is 19.7. The lowest BCUT2D eigenvalue weighted by Crippen LogP contribution is -1.99. The number of aryl methyl sites for hydroxylation is 1. The number of carbonyl (C=O) groups is 2. The van der Waals surface area contributed by atoms with Crippen LogP contribution in [-0.2, 0) is 16.0 Å². The summed E-state index contributed by atoms with van der Waals surface area (Å²) in [5.74, 6) is -4.61. The number of benzene rings is 2. The summed E-state index contributed by atoms with van der Waals surface area (Å²) in [6, 6.07) is 5.84. The maximum atomic E-state index is 12.9. The zero-order valence-electron chi connectivity index (χ0n) is 13.3. The van der Waals surface area contributed by atoms with Crippen LogP contribution in [0.1, 0.15) is 17.5 Å². The quantitative estimate of drug-likeness (QED) is 0.615. The maximum Gasteiger partial charge on any atom is 0.328 e. The summed E-state index contributed by atoms with van der Waals surface area (Å²) in [5.41, 5.74) is 0.0183. The summed E-state index contributed by atoms with van der Waals surface area (Å²) in [5, 5.41) is 16.6. The molecule has 0 amide bonds. The third-order valence-corrected chi connectivity index (χ3v) is 2.98. The molecule has 0 aliphatic rings. The molecule has 4 nitrogen and oxygen atoms in total. The van der Waals surface area contributed by atoms with Crippen molar-refractivity contribution in [2.24, 2.45) is 0 Å². The van der Waals surface area contributed by atoms with Crippen molar-refractivity contribution >= 4 is 18.0 Å². The molecular weight excluding hydrogens is 356 g/mol. The van der Waals surface area contributed by atoms with Crippen molar-refractivity contribution in [1.82, 2.24) is 0 Å². The molecule has 2 rings (SSSR count). The summed E-state index contributed by atoms with van der Waals surface area (Å²) < 4.78 is 50.8. The SMILES string of the molecule is O=C(O)/C=C/c1cc(F)ccc1F.O=C(O)CCc1cc(F)ccc1F. The Morgan fingerprint density at radius 3 is 2.04 bits per heavy atom. The Kier molecular flexibility index (Phi) is 8.01. The van der Waals surface area contributed by atoms with Crippen molar-refractivity contribution in [3.05, 3.63) is 76.9 Å². The summed E-state index contributed by atoms with van der Waals surface area (Å²) in [4.78, 5) is 20.2. The van der Waals surface area contributed by atoms with Crippen LogP contribution in [0.25, 0.3) is 6.08 Å². The molecule has 0 saturated carbocycles. The Labute approximate surface area is 146 Å². The second-order valence-corrected chi connectivity index (χ2v) is 4.97. The van der Waals surface area contributed by atoms with E-state index in [9.17, 15) is 27.2 Å². The van der Waals surface area contributed by atoms with E-state index < -0.39 is 35.2 Å². The molecule has 0 spiro atoms. The largest absolute Gasteiger partial charge is 0.481 e. The highest BCUT2D eigenvalue weighted by Gasteiger charge is 2.05. The van der Waals surface area contributed by atoms with Gasteiger partial charge in [-0.25, -0.2) is 22.4 Å². The van der Waals surface area contributed by atoms with Gasteiger partial charge in [0.1, 0.15) is 23.3 Å². The van der Waals surface area contributed by atoms with Gasteiger partial charge < -0.3 is 10.2 Å². The molecule has 8 heteroatoms. The Morgan fingerprint density at radius 2 is 1.46 bits per heavy atom. The first kappa shape index (κ1) is 20.9. The summed E-state index contributed by atoms with van der Waals surface area (Å²) in [6.07, 6.45) is 1.57. The topological polar surface area (TPSA) is 74.6 Å². The molecule has 0 unspecified atom stereocenters. The van der Waals surface area contributed by atoms with Gasteiger partial charge in [-0.2, -0.15) is 0 Å². The second-order valence-electron chi connectivity index (χ2n) is 4.97. The van der Waals surface area contributed by atoms with Crippen LogP contribution in [0, 0.1) is 23.3 Å². The lowest BCUT2D eigenvalue weighted by molar-refractivity contribution is -0.137. The Bertz CT molecular complexity index is 819. The predicted octanol–water partition coefficient (Wildman–Crippen LogP) is 4.04. The van der Waals surface area contributed by atoms with Gasteiger partial charge in [-0.05, 0) is 54.5 Å². The van der Waals surface area contributed by atoms with Crippen molar-refractivity contribution in [3.63, 3.8) is 0 Å². The van der Waals surface area contributed by atoms with E-state index in [-0.39, 0.29) is 24.0 Å². The monoisotopic (exact) mass is 370 g/mol. The number of halogens is 4. The van der Waals surface area contributed by atoms with Crippen LogP contribution in [-0.4, -0.2) is 22.2 Å². The average Bonchev–Trinajstić information content (AvgIpc) is 2.57. The van der Waals surface area contributed by atoms with Crippen molar-refractivity contribution in [3.8, 4) is 0 Å². The predicted molar refractivity (Wildman–Crippen MR) is 85.3 cm³/mol. The first-order chi connectivity index (χ1) is 12.2. The molecule has 0 saturated heterocycles. The molecule has 2 aromatic carbocycles. The van der Waals surface area contributed by atoms with E-state index >= 15 is 0 Å². The van der Waals surface area contributed by atoms with Gasteiger partial charge in [0.15, 0.2) is 0 Å². The molecule has 0 bridgehead atoms. The maximum absolute atomic E-state index is 12.9. The van der Waals surface area contributed by atoms with Crippen LogP contribution in [0.3, 0.4) is 0 Å². The van der Waals surface area contributed by atoms with Gasteiger partial charge in [-0.3, -0.25) is 4.79 Å². The average molecular weight is 370 g/mol. The zero-order valence-corrected chi connectivity index (χ0v) is 13.3. The van der Waals surface area contributed by atoms with E-state index in [4.69, 9.17) is 10.2 Å². The lowest BCUT2D eigenvalue weighted by Gasteiger charge is -2.00. The fourth-order valence-corrected chi connectivity index (χ4v) is 1.78. The van der Waals surface area contributed by atoms with Crippen LogP contribution < -0.4 is 0 Å². The van der Waals surface area contributed by atoms with Crippen LogP contribution in [0.2, 0.25) is 0 Å². The van der Waals surface area contributed by atoms with E-state index in [2.05, 4.69) is 0 Å². The highest BCUT2D eigenvalue weighted by atomic mass is 19.1. The van der Waals surface area contributed by atoms with Crippen LogP contribution in [0.15, 0.2) is 42.5 Å². The summed E-state index contributed by atoms with van der Waals surface area (Å²) in [7, 11) is 0. The highest BCUT2D eigenvalue weighted by molar-refractivity contribution is 5.85. The molecule has 138 valence electrons. The van der Waals surface area contributed by atoms with Crippen molar-refractivity contribution in [1.29, 1.82) is 0 Å². The van der Waals surface area contributed by atoms with Crippen molar-refractivity contribution in [2.45, 2.75) is 12.8 Å². The number of hydrogen-bond acceptors (Lipinski definition) is 2. The van der Waals surface area contributed by atoms with Crippen LogP contribution in [0.4, 0.5) is 17.6 Å². The standard InChI is InChI=1S/C9H8F2O2.C9H6F2O2/c2*10-7-2-3-8(11)6(5-7)1-4-9(12)13/h2-3,5H,1,4H2,(H,12,13);1-5H,(H,12,13)/b;4-1+. The fraction of sp³-hybridized carbons (Fsp3) is 0.111. The second kappa shape index (κ2) is 9.97. The van der Waals surface area contributed by atoms with Crippen LogP contribution in [0.5, 0.6) is 0 Å². The smallest absolute Gasteiger partial charge is 0.328 e. The number of hydrogen-bond donors (Lipinski definition) is 2. The molecule has 2 aromatic rings. The fourth-order valence-electron chi connectivity index (χ4n) is 1.78. The van der Waals surface area contributed by atoms with E-state index in [0.29, 0.717) is 0 Å². The molecule has 0 aromatic heterocycles. The first-order valence-electron chi connectivity index (χ1n) is 7.21. The third-order valence-electron chi connectivity index (χ3n) is 2.98. The molecule has 2 N–H and O–H groups in total. The molecule has 26 heavy (non-hydrogen) atoms. The minimum Gasteiger partial charge on any atom is -0.481 e. The van der Waals surface area contributed by atoms with Gasteiger partial charge in [0.2, 0.25) is 0 Å². The Morgan fingerprint density at radius 1 is 0.885 bits per heavy atom. The molecule has 0 aliphatic carbocycles. The Balaban J connectivity index is 0.000000260. The van der Waals surface area contributed by atoms with Gasteiger partial charge in [-0.15, -0.1) is 0 Å². The van der Waals surface area contributed by atoms with Crippen molar-refractivity contribution in [2.75, 3.05) is 0 Å². The molecule has 0 atom stereocenters. The number of aliphatic carboxylic acids is 2. The van der Waals surface area contributed by atoms with Gasteiger partial charge in [0.05, 0.1) is 0 Å². The molecule has 0 heterocycles. The van der Waals surface area contributed by atoms with E-state index in [0.717, 1.165) is 48.6 Å². The number of carboxylic acid groups (broad SMARTS) is 2. The number of carboxylic acids is 2. The highest BCUT2D eigenvalue weighted by Crippen LogP contribution is 2.12. The van der Waals surface area contributed by atoms with Gasteiger partial charge in [0, 0.05) is 18.1 Å². The lowest BCUT2D eigenvalue weighted by atomic mass is 10.1. The number of rotatable bonds is 5. The van der Waals surface area contributed by atoms with E-state index in [1.165, 1.54) is 0 Å². The van der Waals surface area contributed by atoms with Gasteiger partial charge >= 0.3 is 11.9 Å². The van der Waals surface area contributed by atoms with E-state index in [1.807, 2.05) is 0 Å². The molecule has 0 aliphatic heterocycles.